The van der Waals surface area contributed by atoms with Crippen LogP contribution in [0, 0.1) is 0 Å². The molecule has 1 amide bonds. The van der Waals surface area contributed by atoms with E-state index < -0.39 is 0 Å². The number of hydrogen-bond donors (Lipinski definition) is 1. The molecule has 1 N–H and O–H groups in total. The van der Waals surface area contributed by atoms with Gasteiger partial charge in [-0.1, -0.05) is 23.4 Å². The summed E-state index contributed by atoms with van der Waals surface area (Å²) in [6, 6.07) is 7.47. The standard InChI is InChI=1S/C16H21ClN4O2S/c1-4-21-14(12-5-7-13(17)8-6-12)19-20-16(21)24-11(2)15(22)18-9-10-23-3/h5-8,11H,4,9-10H2,1-3H3,(H,18,22)/t11-/m0/s1. The Morgan fingerprint density at radius 2 is 2.08 bits per heavy atom. The largest absolute Gasteiger partial charge is 0.383 e. The van der Waals surface area contributed by atoms with E-state index in [-0.39, 0.29) is 11.2 Å². The van der Waals surface area contributed by atoms with E-state index in [4.69, 9.17) is 16.3 Å². The molecule has 0 radical (unpaired) electrons. The number of ether oxygens (including phenoxy) is 1. The van der Waals surface area contributed by atoms with Gasteiger partial charge in [0.2, 0.25) is 5.91 Å². The van der Waals surface area contributed by atoms with Crippen LogP contribution in [0.1, 0.15) is 13.8 Å². The second-order valence-corrected chi connectivity index (χ2v) is 6.85. The van der Waals surface area contributed by atoms with Gasteiger partial charge in [0.15, 0.2) is 11.0 Å². The van der Waals surface area contributed by atoms with Gasteiger partial charge in [0.1, 0.15) is 0 Å². The second kappa shape index (κ2) is 9.05. The van der Waals surface area contributed by atoms with Gasteiger partial charge < -0.3 is 14.6 Å². The molecule has 24 heavy (non-hydrogen) atoms. The quantitative estimate of drug-likeness (QED) is 0.573. The molecule has 0 aliphatic rings. The first kappa shape index (κ1) is 18.8. The predicted molar refractivity (Wildman–Crippen MR) is 96.3 cm³/mol. The zero-order valence-corrected chi connectivity index (χ0v) is 15.5. The van der Waals surface area contributed by atoms with Gasteiger partial charge in [0.25, 0.3) is 0 Å². The lowest BCUT2D eigenvalue weighted by Crippen LogP contribution is -2.33. The SMILES string of the molecule is CCn1c(S[C@@H](C)C(=O)NCCOC)nnc1-c1ccc(Cl)cc1. The van der Waals surface area contributed by atoms with Crippen molar-refractivity contribution < 1.29 is 9.53 Å². The highest BCUT2D eigenvalue weighted by atomic mass is 35.5. The molecule has 0 saturated heterocycles. The molecule has 0 aliphatic carbocycles. The zero-order chi connectivity index (χ0) is 17.5. The summed E-state index contributed by atoms with van der Waals surface area (Å²) in [5.41, 5.74) is 0.942. The molecule has 1 aromatic carbocycles. The summed E-state index contributed by atoms with van der Waals surface area (Å²) < 4.78 is 6.92. The highest BCUT2D eigenvalue weighted by Gasteiger charge is 2.20. The van der Waals surface area contributed by atoms with Crippen LogP contribution in [0.2, 0.25) is 5.02 Å². The number of nitrogens with one attached hydrogen (secondary N) is 1. The minimum Gasteiger partial charge on any atom is -0.383 e. The Bertz CT molecular complexity index is 675. The van der Waals surface area contributed by atoms with Crippen LogP contribution in [-0.2, 0) is 16.1 Å². The Kier molecular flexibility index (Phi) is 7.08. The van der Waals surface area contributed by atoms with Crippen molar-refractivity contribution in [3.63, 3.8) is 0 Å². The Morgan fingerprint density at radius 1 is 1.38 bits per heavy atom. The van der Waals surface area contributed by atoms with Gasteiger partial charge in [0, 0.05) is 30.8 Å². The number of hydrogen-bond acceptors (Lipinski definition) is 5. The van der Waals surface area contributed by atoms with Crippen molar-refractivity contribution in [2.75, 3.05) is 20.3 Å². The van der Waals surface area contributed by atoms with E-state index in [0.29, 0.717) is 24.7 Å². The number of carbonyl (C=O) groups excluding carboxylic acids is 1. The molecule has 0 fully saturated rings. The number of amides is 1. The fraction of sp³-hybridized carbons (Fsp3) is 0.438. The molecule has 130 valence electrons. The molecule has 2 rings (SSSR count). The summed E-state index contributed by atoms with van der Waals surface area (Å²) in [4.78, 5) is 12.1. The molecule has 0 aliphatic heterocycles. The van der Waals surface area contributed by atoms with Crippen LogP contribution in [0.5, 0.6) is 0 Å². The monoisotopic (exact) mass is 368 g/mol. The maximum absolute atomic E-state index is 12.1. The Hall–Kier alpha value is -1.57. The first-order valence-corrected chi connectivity index (χ1v) is 8.95. The molecule has 2 aromatic rings. The van der Waals surface area contributed by atoms with E-state index in [9.17, 15) is 4.79 Å². The van der Waals surface area contributed by atoms with Crippen molar-refractivity contribution >= 4 is 29.3 Å². The van der Waals surface area contributed by atoms with Crippen molar-refractivity contribution in [2.24, 2.45) is 0 Å². The molecule has 0 spiro atoms. The van der Waals surface area contributed by atoms with Gasteiger partial charge in [-0.25, -0.2) is 0 Å². The van der Waals surface area contributed by atoms with Gasteiger partial charge in [0.05, 0.1) is 11.9 Å². The van der Waals surface area contributed by atoms with Crippen LogP contribution in [0.3, 0.4) is 0 Å². The Balaban J connectivity index is 2.11. The van der Waals surface area contributed by atoms with Crippen molar-refractivity contribution in [3.05, 3.63) is 29.3 Å². The molecule has 0 unspecified atom stereocenters. The van der Waals surface area contributed by atoms with E-state index in [1.807, 2.05) is 42.7 Å². The van der Waals surface area contributed by atoms with E-state index in [0.717, 1.165) is 16.5 Å². The van der Waals surface area contributed by atoms with Crippen LogP contribution in [0.4, 0.5) is 0 Å². The molecule has 1 aromatic heterocycles. The molecule has 1 heterocycles. The number of halogens is 1. The fourth-order valence-corrected chi connectivity index (χ4v) is 3.17. The van der Waals surface area contributed by atoms with Crippen LogP contribution in [0.25, 0.3) is 11.4 Å². The molecule has 1 atom stereocenters. The number of aromatic nitrogens is 3. The van der Waals surface area contributed by atoms with Crippen molar-refractivity contribution in [1.82, 2.24) is 20.1 Å². The second-order valence-electron chi connectivity index (χ2n) is 5.10. The van der Waals surface area contributed by atoms with Crippen LogP contribution < -0.4 is 5.32 Å². The van der Waals surface area contributed by atoms with Gasteiger partial charge in [-0.15, -0.1) is 10.2 Å². The Morgan fingerprint density at radius 3 is 2.71 bits per heavy atom. The van der Waals surface area contributed by atoms with Crippen molar-refractivity contribution in [3.8, 4) is 11.4 Å². The number of thioether (sulfide) groups is 1. The lowest BCUT2D eigenvalue weighted by Gasteiger charge is -2.12. The average Bonchev–Trinajstić information content (AvgIpc) is 2.98. The van der Waals surface area contributed by atoms with Gasteiger partial charge in [-0.05, 0) is 38.1 Å². The van der Waals surface area contributed by atoms with E-state index in [2.05, 4.69) is 15.5 Å². The third-order valence-corrected chi connectivity index (χ3v) is 4.72. The minimum absolute atomic E-state index is 0.0456. The molecule has 0 saturated carbocycles. The van der Waals surface area contributed by atoms with Gasteiger partial charge in [-0.3, -0.25) is 4.79 Å². The smallest absolute Gasteiger partial charge is 0.233 e. The van der Waals surface area contributed by atoms with Crippen molar-refractivity contribution in [2.45, 2.75) is 30.8 Å². The zero-order valence-electron chi connectivity index (χ0n) is 14.0. The highest BCUT2D eigenvalue weighted by molar-refractivity contribution is 8.00. The van der Waals surface area contributed by atoms with Crippen molar-refractivity contribution in [1.29, 1.82) is 0 Å². The van der Waals surface area contributed by atoms with E-state index in [1.54, 1.807) is 7.11 Å². The fourth-order valence-electron chi connectivity index (χ4n) is 2.11. The first-order valence-electron chi connectivity index (χ1n) is 7.69. The molecule has 0 bridgehead atoms. The lowest BCUT2D eigenvalue weighted by molar-refractivity contribution is -0.120. The normalized spacial score (nSPS) is 12.2. The van der Waals surface area contributed by atoms with E-state index >= 15 is 0 Å². The predicted octanol–water partition coefficient (Wildman–Crippen LogP) is 2.86. The van der Waals surface area contributed by atoms with Crippen LogP contribution in [-0.4, -0.2) is 46.2 Å². The maximum Gasteiger partial charge on any atom is 0.233 e. The van der Waals surface area contributed by atoms with E-state index in [1.165, 1.54) is 11.8 Å². The summed E-state index contributed by atoms with van der Waals surface area (Å²) in [6.07, 6.45) is 0. The molecular formula is C16H21ClN4O2S. The van der Waals surface area contributed by atoms with Gasteiger partial charge >= 0.3 is 0 Å². The maximum atomic E-state index is 12.1. The summed E-state index contributed by atoms with van der Waals surface area (Å²) in [5.74, 6) is 0.722. The summed E-state index contributed by atoms with van der Waals surface area (Å²) in [6.45, 7) is 5.58. The number of methoxy groups -OCH3 is 1. The third-order valence-electron chi connectivity index (χ3n) is 3.39. The summed E-state index contributed by atoms with van der Waals surface area (Å²) in [7, 11) is 1.60. The Labute approximate surface area is 150 Å². The number of rotatable bonds is 8. The molecular weight excluding hydrogens is 348 g/mol. The number of carbonyl (C=O) groups is 1. The lowest BCUT2D eigenvalue weighted by atomic mass is 10.2. The number of benzene rings is 1. The minimum atomic E-state index is -0.269. The summed E-state index contributed by atoms with van der Waals surface area (Å²) >= 11 is 7.32. The molecule has 8 heteroatoms. The topological polar surface area (TPSA) is 69.0 Å². The molecule has 6 nitrogen and oxygen atoms in total. The average molecular weight is 369 g/mol. The van der Waals surface area contributed by atoms with Crippen LogP contribution >= 0.6 is 23.4 Å². The number of nitrogens with zero attached hydrogens (tertiary/aromatic N) is 3. The summed E-state index contributed by atoms with van der Waals surface area (Å²) in [5, 5.41) is 12.5. The first-order chi connectivity index (χ1) is 11.6. The third kappa shape index (κ3) is 4.72. The highest BCUT2D eigenvalue weighted by Crippen LogP contribution is 2.27. The van der Waals surface area contributed by atoms with Crippen LogP contribution in [0.15, 0.2) is 29.4 Å². The van der Waals surface area contributed by atoms with Gasteiger partial charge in [-0.2, -0.15) is 0 Å².